The van der Waals surface area contributed by atoms with Gasteiger partial charge in [0.1, 0.15) is 25.4 Å². The lowest BCUT2D eigenvalue weighted by atomic mass is 10.1. The fraction of sp³-hybridized carbons (Fsp3) is 0.409. The van der Waals surface area contributed by atoms with Crippen molar-refractivity contribution < 1.29 is 19.2 Å². The van der Waals surface area contributed by atoms with Gasteiger partial charge in [-0.2, -0.15) is 0 Å². The van der Waals surface area contributed by atoms with E-state index in [0.717, 1.165) is 50.6 Å². The largest absolute Gasteiger partial charge is 0.489 e. The fourth-order valence-corrected chi connectivity index (χ4v) is 3.18. The van der Waals surface area contributed by atoms with Gasteiger partial charge < -0.3 is 19.7 Å². The molecule has 0 aliphatic carbocycles. The van der Waals surface area contributed by atoms with Gasteiger partial charge in [0.2, 0.25) is 0 Å². The molecule has 2 N–H and O–H groups in total. The number of hydrogen-bond donors (Lipinski definition) is 2. The molecule has 1 heterocycles. The van der Waals surface area contributed by atoms with Crippen molar-refractivity contribution in [1.29, 1.82) is 0 Å². The van der Waals surface area contributed by atoms with Crippen molar-refractivity contribution >= 4 is 5.91 Å². The van der Waals surface area contributed by atoms with E-state index in [1.807, 2.05) is 55.5 Å². The molecule has 0 atom stereocenters. The van der Waals surface area contributed by atoms with Crippen LogP contribution in [0.15, 0.2) is 48.5 Å². The fourth-order valence-electron chi connectivity index (χ4n) is 3.18. The number of morpholine rings is 1. The Balaban J connectivity index is 1.39. The number of quaternary nitrogens is 1. The second-order valence-electron chi connectivity index (χ2n) is 7.02. The topological polar surface area (TPSA) is 52.0 Å². The third-order valence-corrected chi connectivity index (χ3v) is 4.80. The first-order chi connectivity index (χ1) is 13.2. The van der Waals surface area contributed by atoms with Gasteiger partial charge in [-0.05, 0) is 42.3 Å². The Labute approximate surface area is 161 Å². The lowest BCUT2D eigenvalue weighted by Gasteiger charge is -2.23. The second-order valence-corrected chi connectivity index (χ2v) is 7.02. The molecule has 0 unspecified atom stereocenters. The molecule has 0 bridgehead atoms. The van der Waals surface area contributed by atoms with Crippen molar-refractivity contribution in [3.05, 3.63) is 65.2 Å². The SMILES string of the molecule is Cc1cccc(OCc2ccc(C(=O)NCCC[NH+]3CCOCC3)cc2)c1. The van der Waals surface area contributed by atoms with Crippen LogP contribution in [-0.2, 0) is 11.3 Å². The quantitative estimate of drug-likeness (QED) is 0.695. The predicted molar refractivity (Wildman–Crippen MR) is 105 cm³/mol. The molecule has 5 nitrogen and oxygen atoms in total. The van der Waals surface area contributed by atoms with E-state index in [-0.39, 0.29) is 5.91 Å². The number of aryl methyl sites for hydroxylation is 1. The molecule has 1 amide bonds. The zero-order valence-corrected chi connectivity index (χ0v) is 16.0. The summed E-state index contributed by atoms with van der Waals surface area (Å²) < 4.78 is 11.2. The van der Waals surface area contributed by atoms with Crippen LogP contribution in [0.5, 0.6) is 5.75 Å². The van der Waals surface area contributed by atoms with Gasteiger partial charge in [-0.3, -0.25) is 4.79 Å². The summed E-state index contributed by atoms with van der Waals surface area (Å²) in [7, 11) is 0. The first-order valence-electron chi connectivity index (χ1n) is 9.68. The average Bonchev–Trinajstić information content (AvgIpc) is 2.71. The van der Waals surface area contributed by atoms with E-state index < -0.39 is 0 Å². The molecule has 5 heteroatoms. The van der Waals surface area contributed by atoms with Gasteiger partial charge in [0.25, 0.3) is 5.91 Å². The Morgan fingerprint density at radius 1 is 1.15 bits per heavy atom. The number of ether oxygens (including phenoxy) is 2. The molecule has 0 aromatic heterocycles. The molecular formula is C22H29N2O3+. The summed E-state index contributed by atoms with van der Waals surface area (Å²) in [5.41, 5.74) is 2.91. The van der Waals surface area contributed by atoms with Crippen molar-refractivity contribution in [3.63, 3.8) is 0 Å². The lowest BCUT2D eigenvalue weighted by Crippen LogP contribution is -3.14. The van der Waals surface area contributed by atoms with Crippen molar-refractivity contribution in [2.45, 2.75) is 20.0 Å². The molecule has 0 saturated carbocycles. The van der Waals surface area contributed by atoms with E-state index in [1.54, 1.807) is 4.90 Å². The Kier molecular flexibility index (Phi) is 7.25. The Morgan fingerprint density at radius 3 is 2.67 bits per heavy atom. The van der Waals surface area contributed by atoms with Crippen molar-refractivity contribution in [1.82, 2.24) is 5.32 Å². The second kappa shape index (κ2) is 10.1. The average molecular weight is 369 g/mol. The van der Waals surface area contributed by atoms with E-state index in [2.05, 4.69) is 5.32 Å². The molecule has 0 spiro atoms. The number of benzene rings is 2. The molecule has 1 fully saturated rings. The van der Waals surface area contributed by atoms with Crippen LogP contribution in [-0.4, -0.2) is 45.3 Å². The molecular weight excluding hydrogens is 340 g/mol. The summed E-state index contributed by atoms with van der Waals surface area (Å²) in [6.07, 6.45) is 0.990. The van der Waals surface area contributed by atoms with Gasteiger partial charge in [0.05, 0.1) is 19.8 Å². The zero-order valence-electron chi connectivity index (χ0n) is 16.0. The van der Waals surface area contributed by atoms with Crippen molar-refractivity contribution in [2.24, 2.45) is 0 Å². The van der Waals surface area contributed by atoms with Crippen LogP contribution in [0.2, 0.25) is 0 Å². The monoisotopic (exact) mass is 369 g/mol. The maximum absolute atomic E-state index is 12.3. The number of carbonyl (C=O) groups is 1. The van der Waals surface area contributed by atoms with Crippen LogP contribution in [0.3, 0.4) is 0 Å². The van der Waals surface area contributed by atoms with Crippen LogP contribution in [0.25, 0.3) is 0 Å². The molecule has 3 rings (SSSR count). The molecule has 1 aliphatic heterocycles. The van der Waals surface area contributed by atoms with Crippen molar-refractivity contribution in [2.75, 3.05) is 39.4 Å². The number of rotatable bonds is 8. The number of nitrogens with one attached hydrogen (secondary N) is 2. The molecule has 2 aromatic carbocycles. The number of hydrogen-bond acceptors (Lipinski definition) is 3. The van der Waals surface area contributed by atoms with E-state index in [9.17, 15) is 4.79 Å². The van der Waals surface area contributed by atoms with E-state index in [1.165, 1.54) is 5.56 Å². The third-order valence-electron chi connectivity index (χ3n) is 4.80. The van der Waals surface area contributed by atoms with E-state index >= 15 is 0 Å². The standard InChI is InChI=1S/C22H28N2O3/c1-18-4-2-5-21(16-18)27-17-19-6-8-20(9-7-19)22(25)23-10-3-11-24-12-14-26-15-13-24/h2,4-9,16H,3,10-15,17H2,1H3,(H,23,25)/p+1. The maximum atomic E-state index is 12.3. The third kappa shape index (κ3) is 6.38. The summed E-state index contributed by atoms with van der Waals surface area (Å²) in [5.74, 6) is 0.845. The molecule has 27 heavy (non-hydrogen) atoms. The lowest BCUT2D eigenvalue weighted by molar-refractivity contribution is -0.908. The van der Waals surface area contributed by atoms with Gasteiger partial charge in [0, 0.05) is 18.5 Å². The predicted octanol–water partition coefficient (Wildman–Crippen LogP) is 1.61. The Bertz CT molecular complexity index is 725. The van der Waals surface area contributed by atoms with Crippen LogP contribution >= 0.6 is 0 Å². The van der Waals surface area contributed by atoms with Crippen LogP contribution in [0, 0.1) is 6.92 Å². The Morgan fingerprint density at radius 2 is 1.93 bits per heavy atom. The highest BCUT2D eigenvalue weighted by Crippen LogP contribution is 2.15. The first-order valence-corrected chi connectivity index (χ1v) is 9.68. The summed E-state index contributed by atoms with van der Waals surface area (Å²) in [5, 5.41) is 3.01. The Hall–Kier alpha value is -2.37. The van der Waals surface area contributed by atoms with Gasteiger partial charge >= 0.3 is 0 Å². The molecule has 144 valence electrons. The van der Waals surface area contributed by atoms with Gasteiger partial charge in [0.15, 0.2) is 0 Å². The minimum atomic E-state index is -0.0156. The highest BCUT2D eigenvalue weighted by atomic mass is 16.5. The summed E-state index contributed by atoms with van der Waals surface area (Å²) >= 11 is 0. The maximum Gasteiger partial charge on any atom is 0.251 e. The number of carbonyl (C=O) groups excluding carboxylic acids is 1. The highest BCUT2D eigenvalue weighted by molar-refractivity contribution is 5.94. The van der Waals surface area contributed by atoms with Crippen molar-refractivity contribution in [3.8, 4) is 5.75 Å². The minimum Gasteiger partial charge on any atom is -0.489 e. The highest BCUT2D eigenvalue weighted by Gasteiger charge is 2.13. The number of amides is 1. The molecule has 0 radical (unpaired) electrons. The zero-order chi connectivity index (χ0) is 18.9. The smallest absolute Gasteiger partial charge is 0.251 e. The molecule has 2 aromatic rings. The summed E-state index contributed by atoms with van der Waals surface area (Å²) in [6.45, 7) is 8.17. The molecule has 1 saturated heterocycles. The van der Waals surface area contributed by atoms with Crippen LogP contribution in [0.4, 0.5) is 0 Å². The first kappa shape index (κ1) is 19.4. The van der Waals surface area contributed by atoms with Crippen LogP contribution < -0.4 is 15.0 Å². The summed E-state index contributed by atoms with van der Waals surface area (Å²) in [4.78, 5) is 13.8. The van der Waals surface area contributed by atoms with Gasteiger partial charge in [-0.25, -0.2) is 0 Å². The van der Waals surface area contributed by atoms with E-state index in [4.69, 9.17) is 9.47 Å². The normalized spacial score (nSPS) is 14.7. The van der Waals surface area contributed by atoms with Crippen LogP contribution in [0.1, 0.15) is 27.9 Å². The minimum absolute atomic E-state index is 0.0156. The molecule has 1 aliphatic rings. The van der Waals surface area contributed by atoms with Gasteiger partial charge in [-0.15, -0.1) is 0 Å². The van der Waals surface area contributed by atoms with E-state index in [0.29, 0.717) is 18.7 Å². The van der Waals surface area contributed by atoms with Gasteiger partial charge in [-0.1, -0.05) is 24.3 Å². The summed E-state index contributed by atoms with van der Waals surface area (Å²) in [6, 6.07) is 15.6.